The molecule has 1 amide bonds. The normalized spacial score (nSPS) is 23.5. The molecule has 0 saturated carbocycles. The molecule has 0 unspecified atom stereocenters. The number of amides is 1. The van der Waals surface area contributed by atoms with Crippen molar-refractivity contribution >= 4 is 15.9 Å². The number of benzene rings is 1. The molecule has 122 valence electrons. The molecule has 2 atom stereocenters. The van der Waals surface area contributed by atoms with Crippen molar-refractivity contribution in [2.45, 2.75) is 30.9 Å². The molecule has 0 spiro atoms. The maximum absolute atomic E-state index is 13.9. The van der Waals surface area contributed by atoms with Crippen molar-refractivity contribution in [3.63, 3.8) is 0 Å². The van der Waals surface area contributed by atoms with Gasteiger partial charge in [0.25, 0.3) is 0 Å². The van der Waals surface area contributed by atoms with Crippen molar-refractivity contribution in [2.75, 3.05) is 13.2 Å². The lowest BCUT2D eigenvalue weighted by molar-refractivity contribution is -0.130. The molecule has 1 aromatic rings. The van der Waals surface area contributed by atoms with Gasteiger partial charge in [-0.25, -0.2) is 17.2 Å². The average Bonchev–Trinajstić information content (AvgIpc) is 2.41. The van der Waals surface area contributed by atoms with Crippen molar-refractivity contribution in [1.82, 2.24) is 4.31 Å². The van der Waals surface area contributed by atoms with E-state index in [1.54, 1.807) is 0 Å². The molecule has 0 aliphatic carbocycles. The Kier molecular flexibility index (Phi) is 4.50. The molecular weight excluding hydrogens is 318 g/mol. The fraction of sp³-hybridized carbons (Fsp3) is 0.462. The Labute approximate surface area is 126 Å². The van der Waals surface area contributed by atoms with E-state index in [1.165, 1.54) is 13.8 Å². The Bertz CT molecular complexity index is 708. The number of ether oxygens (including phenoxy) is 1. The summed E-state index contributed by atoms with van der Waals surface area (Å²) in [4.78, 5) is 10.9. The molecular formula is C13H16F2N2O4S. The Morgan fingerprint density at radius 1 is 1.36 bits per heavy atom. The van der Waals surface area contributed by atoms with E-state index >= 15 is 0 Å². The number of carbonyl (C=O) groups is 1. The maximum Gasteiger partial charge on any atom is 0.246 e. The Morgan fingerprint density at radius 3 is 2.59 bits per heavy atom. The lowest BCUT2D eigenvalue weighted by atomic mass is 10.1. The van der Waals surface area contributed by atoms with Crippen LogP contribution in [0.1, 0.15) is 12.5 Å². The number of hydrogen-bond donors (Lipinski definition) is 1. The van der Waals surface area contributed by atoms with Crippen LogP contribution in [0.5, 0.6) is 0 Å². The van der Waals surface area contributed by atoms with Gasteiger partial charge in [-0.15, -0.1) is 0 Å². The monoisotopic (exact) mass is 334 g/mol. The molecule has 0 radical (unpaired) electrons. The molecule has 0 bridgehead atoms. The second kappa shape index (κ2) is 5.90. The Hall–Kier alpha value is -1.58. The number of nitrogens with zero attached hydrogens (tertiary/aromatic N) is 1. The van der Waals surface area contributed by atoms with Crippen LogP contribution in [0.2, 0.25) is 0 Å². The van der Waals surface area contributed by atoms with Crippen molar-refractivity contribution in [1.29, 1.82) is 0 Å². The quantitative estimate of drug-likeness (QED) is 0.873. The molecule has 2 rings (SSSR count). The van der Waals surface area contributed by atoms with Crippen molar-refractivity contribution in [2.24, 2.45) is 5.73 Å². The molecule has 6 nitrogen and oxygen atoms in total. The average molecular weight is 334 g/mol. The van der Waals surface area contributed by atoms with Crippen LogP contribution in [0.25, 0.3) is 0 Å². The van der Waals surface area contributed by atoms with Gasteiger partial charge in [0.15, 0.2) is 0 Å². The Balaban J connectivity index is 2.53. The summed E-state index contributed by atoms with van der Waals surface area (Å²) in [6.07, 6.45) is -0.759. The minimum absolute atomic E-state index is 0.0168. The summed E-state index contributed by atoms with van der Waals surface area (Å²) in [7, 11) is -4.35. The lowest BCUT2D eigenvalue weighted by Gasteiger charge is -2.36. The first-order valence-electron chi connectivity index (χ1n) is 6.54. The van der Waals surface area contributed by atoms with Crippen LogP contribution in [0, 0.1) is 18.6 Å². The molecule has 1 saturated heterocycles. The van der Waals surface area contributed by atoms with Gasteiger partial charge in [-0.1, -0.05) is 0 Å². The summed E-state index contributed by atoms with van der Waals surface area (Å²) in [5, 5.41) is 0. The van der Waals surface area contributed by atoms with Crippen LogP contribution in [0.4, 0.5) is 8.78 Å². The van der Waals surface area contributed by atoms with Gasteiger partial charge in [0.1, 0.15) is 22.6 Å². The summed E-state index contributed by atoms with van der Waals surface area (Å²) in [6, 6.07) is 0.160. The van der Waals surface area contributed by atoms with Gasteiger partial charge in [0.2, 0.25) is 15.9 Å². The third kappa shape index (κ3) is 2.83. The largest absolute Gasteiger partial charge is 0.375 e. The van der Waals surface area contributed by atoms with Crippen LogP contribution in [0.15, 0.2) is 17.0 Å². The predicted molar refractivity (Wildman–Crippen MR) is 73.4 cm³/mol. The predicted octanol–water partition coefficient (Wildman–Crippen LogP) is 0.537. The number of halogens is 2. The highest BCUT2D eigenvalue weighted by Gasteiger charge is 2.42. The SMILES string of the molecule is Cc1cc(S(=O)(=O)N2CCO[C@H](C)[C@H]2C(N)=O)c(F)cc1F. The van der Waals surface area contributed by atoms with E-state index in [4.69, 9.17) is 10.5 Å². The standard InChI is InChI=1S/C13H16F2N2O4S/c1-7-5-11(10(15)6-9(7)14)22(19,20)17-3-4-21-8(2)12(17)13(16)18/h5-6,8,12H,3-4H2,1-2H3,(H2,16,18)/t8-,12+/m1/s1. The molecule has 9 heteroatoms. The molecule has 2 N–H and O–H groups in total. The number of primary amides is 1. The van der Waals surface area contributed by atoms with E-state index in [0.29, 0.717) is 6.07 Å². The highest BCUT2D eigenvalue weighted by Crippen LogP contribution is 2.27. The second-order valence-corrected chi connectivity index (χ2v) is 6.93. The van der Waals surface area contributed by atoms with Gasteiger partial charge in [-0.05, 0) is 25.5 Å². The Morgan fingerprint density at radius 2 is 2.00 bits per heavy atom. The smallest absolute Gasteiger partial charge is 0.246 e. The van der Waals surface area contributed by atoms with E-state index in [-0.39, 0.29) is 18.7 Å². The van der Waals surface area contributed by atoms with Crippen LogP contribution < -0.4 is 5.73 Å². The minimum atomic E-state index is -4.35. The van der Waals surface area contributed by atoms with Gasteiger partial charge in [-0.2, -0.15) is 4.31 Å². The zero-order valence-corrected chi connectivity index (χ0v) is 12.9. The summed E-state index contributed by atoms with van der Waals surface area (Å²) in [6.45, 7) is 2.73. The zero-order valence-electron chi connectivity index (χ0n) is 12.0. The van der Waals surface area contributed by atoms with Crippen LogP contribution in [0.3, 0.4) is 0 Å². The first-order chi connectivity index (χ1) is 10.2. The first kappa shape index (κ1) is 16.8. The number of hydrogen-bond acceptors (Lipinski definition) is 4. The number of carbonyl (C=O) groups excluding carboxylic acids is 1. The van der Waals surface area contributed by atoms with E-state index in [1.807, 2.05) is 0 Å². The molecule has 1 aromatic carbocycles. The third-order valence-corrected chi connectivity index (χ3v) is 5.43. The summed E-state index contributed by atoms with van der Waals surface area (Å²) in [5.41, 5.74) is 5.22. The van der Waals surface area contributed by atoms with Crippen LogP contribution in [-0.4, -0.2) is 43.9 Å². The number of nitrogens with two attached hydrogens (primary N) is 1. The van der Waals surface area contributed by atoms with Gasteiger partial charge in [0.05, 0.1) is 12.7 Å². The van der Waals surface area contributed by atoms with Crippen molar-refractivity contribution in [3.8, 4) is 0 Å². The number of sulfonamides is 1. The van der Waals surface area contributed by atoms with Gasteiger partial charge in [0, 0.05) is 12.6 Å². The van der Waals surface area contributed by atoms with Crippen molar-refractivity contribution < 1.29 is 26.7 Å². The van der Waals surface area contributed by atoms with E-state index in [2.05, 4.69) is 0 Å². The zero-order chi connectivity index (χ0) is 16.7. The molecule has 1 aliphatic heterocycles. The number of rotatable bonds is 3. The van der Waals surface area contributed by atoms with Crippen LogP contribution in [-0.2, 0) is 19.6 Å². The fourth-order valence-corrected chi connectivity index (χ4v) is 4.16. The third-order valence-electron chi connectivity index (χ3n) is 3.54. The second-order valence-electron chi connectivity index (χ2n) is 5.07. The summed E-state index contributed by atoms with van der Waals surface area (Å²) < 4.78 is 58.5. The molecule has 22 heavy (non-hydrogen) atoms. The maximum atomic E-state index is 13.9. The van der Waals surface area contributed by atoms with Crippen molar-refractivity contribution in [3.05, 3.63) is 29.3 Å². The van der Waals surface area contributed by atoms with Gasteiger partial charge in [-0.3, -0.25) is 4.79 Å². The molecule has 1 fully saturated rings. The highest BCUT2D eigenvalue weighted by atomic mass is 32.2. The van der Waals surface area contributed by atoms with Gasteiger partial charge < -0.3 is 10.5 Å². The van der Waals surface area contributed by atoms with E-state index in [0.717, 1.165) is 10.4 Å². The molecule has 0 aromatic heterocycles. The van der Waals surface area contributed by atoms with E-state index < -0.39 is 44.6 Å². The highest BCUT2D eigenvalue weighted by molar-refractivity contribution is 7.89. The van der Waals surface area contributed by atoms with Crippen LogP contribution >= 0.6 is 0 Å². The minimum Gasteiger partial charge on any atom is -0.375 e. The molecule has 1 heterocycles. The van der Waals surface area contributed by atoms with E-state index in [9.17, 15) is 22.0 Å². The fourth-order valence-electron chi connectivity index (χ4n) is 2.39. The topological polar surface area (TPSA) is 89.7 Å². The lowest BCUT2D eigenvalue weighted by Crippen LogP contribution is -2.58. The summed E-state index contributed by atoms with van der Waals surface area (Å²) >= 11 is 0. The van der Waals surface area contributed by atoms with Gasteiger partial charge >= 0.3 is 0 Å². The first-order valence-corrected chi connectivity index (χ1v) is 7.98. The number of aryl methyl sites for hydroxylation is 1. The number of morpholine rings is 1. The summed E-state index contributed by atoms with van der Waals surface area (Å²) in [5.74, 6) is -2.96. The molecule has 1 aliphatic rings.